The van der Waals surface area contributed by atoms with E-state index in [1.165, 1.54) is 36.3 Å². The molecule has 1 heterocycles. The molecule has 1 aromatic rings. The number of nitrogens with one attached hydrogen (secondary N) is 1. The van der Waals surface area contributed by atoms with Crippen LogP contribution in [0.3, 0.4) is 0 Å². The van der Waals surface area contributed by atoms with E-state index in [0.29, 0.717) is 25.7 Å². The summed E-state index contributed by atoms with van der Waals surface area (Å²) in [4.78, 5) is 2.40. The number of aromatic nitrogens is 2. The van der Waals surface area contributed by atoms with Crippen LogP contribution in [-0.2, 0) is 17.1 Å². The van der Waals surface area contributed by atoms with E-state index < -0.39 is 10.0 Å². The van der Waals surface area contributed by atoms with Crippen molar-refractivity contribution >= 4 is 10.0 Å². The first-order valence-corrected chi connectivity index (χ1v) is 10.3. The molecule has 8 heteroatoms. The van der Waals surface area contributed by atoms with Gasteiger partial charge in [0.15, 0.2) is 0 Å². The van der Waals surface area contributed by atoms with Crippen molar-refractivity contribution in [3.8, 4) is 0 Å². The molecule has 0 atom stereocenters. The van der Waals surface area contributed by atoms with Gasteiger partial charge in [-0.3, -0.25) is 9.58 Å². The van der Waals surface area contributed by atoms with Crippen LogP contribution in [0, 0.1) is 5.92 Å². The molecule has 138 valence electrons. The Bertz CT molecular complexity index is 594. The van der Waals surface area contributed by atoms with E-state index in [4.69, 9.17) is 0 Å². The first kappa shape index (κ1) is 19.4. The molecule has 0 bridgehead atoms. The Morgan fingerprint density at radius 2 is 2.04 bits per heavy atom. The van der Waals surface area contributed by atoms with E-state index >= 15 is 0 Å². The monoisotopic (exact) mass is 358 g/mol. The number of aliphatic hydroxyl groups is 1. The van der Waals surface area contributed by atoms with Gasteiger partial charge in [-0.25, -0.2) is 13.1 Å². The Hall–Kier alpha value is -0.960. The van der Waals surface area contributed by atoms with Crippen LogP contribution in [0.4, 0.5) is 0 Å². The highest BCUT2D eigenvalue weighted by Gasteiger charge is 2.25. The maximum atomic E-state index is 12.2. The first-order chi connectivity index (χ1) is 11.5. The van der Waals surface area contributed by atoms with Crippen molar-refractivity contribution in [3.05, 3.63) is 12.4 Å². The fourth-order valence-corrected chi connectivity index (χ4v) is 4.47. The van der Waals surface area contributed by atoms with Gasteiger partial charge in [-0.2, -0.15) is 5.10 Å². The lowest BCUT2D eigenvalue weighted by Gasteiger charge is -2.36. The molecule has 0 aromatic carbocycles. The summed E-state index contributed by atoms with van der Waals surface area (Å²) in [6, 6.07) is 0.447. The summed E-state index contributed by atoms with van der Waals surface area (Å²) in [5, 5.41) is 13.2. The summed E-state index contributed by atoms with van der Waals surface area (Å²) in [7, 11) is -1.83. The van der Waals surface area contributed by atoms with Crippen molar-refractivity contribution in [2.75, 3.05) is 26.2 Å². The van der Waals surface area contributed by atoms with Crippen LogP contribution < -0.4 is 4.72 Å². The van der Waals surface area contributed by atoms with Gasteiger partial charge in [0.05, 0.1) is 12.8 Å². The lowest BCUT2D eigenvalue weighted by molar-refractivity contribution is 0.112. The predicted molar refractivity (Wildman–Crippen MR) is 93.1 cm³/mol. The Kier molecular flexibility index (Phi) is 7.21. The van der Waals surface area contributed by atoms with E-state index in [0.717, 1.165) is 18.8 Å². The Morgan fingerprint density at radius 1 is 1.33 bits per heavy atom. The predicted octanol–water partition coefficient (Wildman–Crippen LogP) is 0.962. The summed E-state index contributed by atoms with van der Waals surface area (Å²) < 4.78 is 28.5. The molecule has 1 aromatic heterocycles. The minimum atomic E-state index is -3.52. The van der Waals surface area contributed by atoms with E-state index in [2.05, 4.69) is 21.6 Å². The van der Waals surface area contributed by atoms with Gasteiger partial charge in [0.2, 0.25) is 10.0 Å². The molecule has 0 radical (unpaired) electrons. The van der Waals surface area contributed by atoms with E-state index in [1.54, 1.807) is 7.05 Å². The number of rotatable bonds is 9. The summed E-state index contributed by atoms with van der Waals surface area (Å²) in [5.41, 5.74) is 0. The fraction of sp³-hybridized carbons (Fsp3) is 0.812. The van der Waals surface area contributed by atoms with Crippen molar-refractivity contribution in [1.82, 2.24) is 19.4 Å². The molecule has 24 heavy (non-hydrogen) atoms. The third-order valence-corrected chi connectivity index (χ3v) is 6.40. The number of sulfonamides is 1. The summed E-state index contributed by atoms with van der Waals surface area (Å²) >= 11 is 0. The molecular formula is C16H30N4O3S. The zero-order valence-electron chi connectivity index (χ0n) is 14.7. The van der Waals surface area contributed by atoms with Crippen LogP contribution >= 0.6 is 0 Å². The van der Waals surface area contributed by atoms with Crippen molar-refractivity contribution in [2.45, 2.75) is 50.0 Å². The number of hydrogen-bond acceptors (Lipinski definition) is 5. The second-order valence-electron chi connectivity index (χ2n) is 6.59. The van der Waals surface area contributed by atoms with Crippen LogP contribution in [0.15, 0.2) is 17.3 Å². The second-order valence-corrected chi connectivity index (χ2v) is 8.36. The van der Waals surface area contributed by atoms with Crippen molar-refractivity contribution in [2.24, 2.45) is 13.0 Å². The Morgan fingerprint density at radius 3 is 2.58 bits per heavy atom. The molecule has 2 rings (SSSR count). The van der Waals surface area contributed by atoms with Gasteiger partial charge in [0.1, 0.15) is 4.90 Å². The van der Waals surface area contributed by atoms with Crippen LogP contribution in [0.2, 0.25) is 0 Å². The quantitative estimate of drug-likeness (QED) is 0.687. The minimum Gasteiger partial charge on any atom is -0.395 e. The van der Waals surface area contributed by atoms with Gasteiger partial charge in [-0.05, 0) is 31.6 Å². The van der Waals surface area contributed by atoms with Crippen LogP contribution in [0.25, 0.3) is 0 Å². The van der Waals surface area contributed by atoms with E-state index in [1.807, 2.05) is 0 Å². The zero-order valence-corrected chi connectivity index (χ0v) is 15.5. The molecule has 2 N–H and O–H groups in total. The smallest absolute Gasteiger partial charge is 0.243 e. The third-order valence-electron chi connectivity index (χ3n) is 4.98. The van der Waals surface area contributed by atoms with E-state index in [9.17, 15) is 13.5 Å². The number of hydrogen-bond donors (Lipinski definition) is 2. The number of nitrogens with zero attached hydrogens (tertiary/aromatic N) is 3. The molecular weight excluding hydrogens is 328 g/mol. The SMILES string of the molecule is CCC1CCC(N(CCO)CCNS(=O)(=O)c2cnn(C)c2)CC1. The molecule has 1 aliphatic rings. The molecule has 1 fully saturated rings. The summed E-state index contributed by atoms with van der Waals surface area (Å²) in [5.74, 6) is 0.821. The van der Waals surface area contributed by atoms with E-state index in [-0.39, 0.29) is 11.5 Å². The van der Waals surface area contributed by atoms with Gasteiger partial charge in [-0.15, -0.1) is 0 Å². The zero-order chi connectivity index (χ0) is 17.6. The molecule has 1 aliphatic carbocycles. The molecule has 0 spiro atoms. The Labute approximate surface area is 145 Å². The minimum absolute atomic E-state index is 0.100. The Balaban J connectivity index is 1.85. The number of aliphatic hydroxyl groups excluding tert-OH is 1. The maximum absolute atomic E-state index is 12.2. The molecule has 0 saturated heterocycles. The van der Waals surface area contributed by atoms with Crippen LogP contribution in [0.5, 0.6) is 0 Å². The highest BCUT2D eigenvalue weighted by atomic mass is 32.2. The largest absolute Gasteiger partial charge is 0.395 e. The topological polar surface area (TPSA) is 87.5 Å². The average molecular weight is 359 g/mol. The highest BCUT2D eigenvalue weighted by molar-refractivity contribution is 7.89. The van der Waals surface area contributed by atoms with Crippen molar-refractivity contribution in [1.29, 1.82) is 0 Å². The third kappa shape index (κ3) is 5.27. The van der Waals surface area contributed by atoms with Crippen molar-refractivity contribution in [3.63, 3.8) is 0 Å². The van der Waals surface area contributed by atoms with Gasteiger partial charge in [0, 0.05) is 38.9 Å². The van der Waals surface area contributed by atoms with Crippen molar-refractivity contribution < 1.29 is 13.5 Å². The van der Waals surface area contributed by atoms with Crippen LogP contribution in [-0.4, -0.2) is 60.5 Å². The first-order valence-electron chi connectivity index (χ1n) is 8.79. The van der Waals surface area contributed by atoms with Gasteiger partial charge < -0.3 is 5.11 Å². The summed E-state index contributed by atoms with van der Waals surface area (Å²) in [6.07, 6.45) is 8.79. The van der Waals surface area contributed by atoms with Gasteiger partial charge in [-0.1, -0.05) is 13.3 Å². The number of aryl methyl sites for hydroxylation is 1. The van der Waals surface area contributed by atoms with Gasteiger partial charge >= 0.3 is 0 Å². The molecule has 0 unspecified atom stereocenters. The second kappa shape index (κ2) is 8.94. The van der Waals surface area contributed by atoms with Crippen LogP contribution in [0.1, 0.15) is 39.0 Å². The summed E-state index contributed by atoms with van der Waals surface area (Å²) in [6.45, 7) is 3.88. The van der Waals surface area contributed by atoms with Gasteiger partial charge in [0.25, 0.3) is 0 Å². The lowest BCUT2D eigenvalue weighted by atomic mass is 9.84. The standard InChI is InChI=1S/C16H30N4O3S/c1-3-14-4-6-15(7-5-14)20(10-11-21)9-8-18-24(22,23)16-12-17-19(2)13-16/h12-15,18,21H,3-11H2,1-2H3. The molecule has 0 amide bonds. The highest BCUT2D eigenvalue weighted by Crippen LogP contribution is 2.29. The lowest BCUT2D eigenvalue weighted by Crippen LogP contribution is -2.44. The normalized spacial score (nSPS) is 22.2. The maximum Gasteiger partial charge on any atom is 0.243 e. The molecule has 0 aliphatic heterocycles. The molecule has 7 nitrogen and oxygen atoms in total. The average Bonchev–Trinajstić information content (AvgIpc) is 3.01. The molecule has 1 saturated carbocycles. The fourth-order valence-electron chi connectivity index (χ4n) is 3.47.